The zero-order valence-corrected chi connectivity index (χ0v) is 18.9. The summed E-state index contributed by atoms with van der Waals surface area (Å²) in [5.74, 6) is 0.961. The molecule has 0 saturated carbocycles. The van der Waals surface area contributed by atoms with Crippen molar-refractivity contribution in [2.75, 3.05) is 6.26 Å². The third-order valence-corrected chi connectivity index (χ3v) is 6.20. The topological polar surface area (TPSA) is 61.2 Å². The molecule has 0 spiro atoms. The summed E-state index contributed by atoms with van der Waals surface area (Å²) in [7, 11) is -3.58. The van der Waals surface area contributed by atoms with Crippen LogP contribution in [0.1, 0.15) is 5.56 Å². The van der Waals surface area contributed by atoms with Gasteiger partial charge in [0.25, 0.3) is 0 Å². The summed E-state index contributed by atoms with van der Waals surface area (Å²) in [6.45, 7) is 0. The minimum atomic E-state index is -3.58. The van der Waals surface area contributed by atoms with Crippen LogP contribution in [0.15, 0.2) is 71.9 Å². The zero-order chi connectivity index (χ0) is 21.3. The minimum Gasteiger partial charge on any atom is -0.383 e. The Kier molecular flexibility index (Phi) is 5.97. The van der Waals surface area contributed by atoms with E-state index in [2.05, 4.69) is 0 Å². The molecule has 0 bridgehead atoms. The van der Waals surface area contributed by atoms with E-state index >= 15 is 0 Å². The van der Waals surface area contributed by atoms with E-state index in [4.69, 9.17) is 32.4 Å². The van der Waals surface area contributed by atoms with Crippen LogP contribution in [0.4, 0.5) is 0 Å². The van der Waals surface area contributed by atoms with Crippen LogP contribution in [-0.4, -0.2) is 24.2 Å². The van der Waals surface area contributed by atoms with Crippen LogP contribution in [0, 0.1) is 0 Å². The first-order valence-electron chi connectivity index (χ1n) is 8.84. The number of hydrogen-bond acceptors (Lipinski definition) is 5. The first-order valence-corrected chi connectivity index (χ1v) is 12.4. The molecule has 0 unspecified atom stereocenters. The van der Waals surface area contributed by atoms with Gasteiger partial charge in [-0.1, -0.05) is 47.1 Å². The Balaban J connectivity index is 1.72. The molecule has 30 heavy (non-hydrogen) atoms. The number of nitrogens with zero attached hydrogens (tertiary/aromatic N) is 2. The quantitative estimate of drug-likeness (QED) is 0.252. The molecule has 1 heterocycles. The highest BCUT2D eigenvalue weighted by Gasteiger charge is 2.14. The van der Waals surface area contributed by atoms with Gasteiger partial charge in [0.15, 0.2) is 5.16 Å². The van der Waals surface area contributed by atoms with Gasteiger partial charge in [-0.25, -0.2) is 4.98 Å². The lowest BCUT2D eigenvalue weighted by Gasteiger charge is -2.10. The monoisotopic (exact) mass is 478 g/mol. The normalized spacial score (nSPS) is 11.7. The molecule has 0 fully saturated rings. The Hall–Kier alpha value is -2.19. The number of imidazole rings is 1. The lowest BCUT2D eigenvalue weighted by Crippen LogP contribution is -2.05. The van der Waals surface area contributed by atoms with Crippen LogP contribution in [-0.2, 0) is 15.9 Å². The Labute approximate surface area is 188 Å². The predicted octanol–water partition coefficient (Wildman–Crippen LogP) is 5.96. The fourth-order valence-electron chi connectivity index (χ4n) is 2.93. The molecule has 0 saturated heterocycles. The van der Waals surface area contributed by atoms with Gasteiger partial charge in [-0.3, -0.25) is 4.57 Å². The van der Waals surface area contributed by atoms with Crippen molar-refractivity contribution in [1.29, 1.82) is 0 Å². The SMILES string of the molecule is CS(=O)(=O)Oc1ccc(-n2c(SCc3ccc(Cl)cc3)nc3ccc(Cl)cc32)cc1. The van der Waals surface area contributed by atoms with Gasteiger partial charge in [-0.15, -0.1) is 0 Å². The summed E-state index contributed by atoms with van der Waals surface area (Å²) in [4.78, 5) is 4.76. The number of thioether (sulfide) groups is 1. The Morgan fingerprint density at radius 3 is 2.30 bits per heavy atom. The maximum Gasteiger partial charge on any atom is 0.306 e. The highest BCUT2D eigenvalue weighted by atomic mass is 35.5. The first-order chi connectivity index (χ1) is 14.3. The number of benzene rings is 3. The summed E-state index contributed by atoms with van der Waals surface area (Å²) < 4.78 is 29.6. The fraction of sp³-hybridized carbons (Fsp3) is 0.0952. The minimum absolute atomic E-state index is 0.249. The Bertz CT molecular complexity index is 1300. The van der Waals surface area contributed by atoms with Crippen molar-refractivity contribution in [3.63, 3.8) is 0 Å². The molecule has 154 valence electrons. The average Bonchev–Trinajstić information content (AvgIpc) is 3.04. The highest BCUT2D eigenvalue weighted by molar-refractivity contribution is 7.98. The van der Waals surface area contributed by atoms with Crippen molar-refractivity contribution < 1.29 is 12.6 Å². The van der Waals surface area contributed by atoms with Crippen molar-refractivity contribution in [2.45, 2.75) is 10.9 Å². The van der Waals surface area contributed by atoms with Gasteiger partial charge in [0.2, 0.25) is 0 Å². The summed E-state index contributed by atoms with van der Waals surface area (Å²) >= 11 is 13.8. The van der Waals surface area contributed by atoms with Gasteiger partial charge >= 0.3 is 10.1 Å². The summed E-state index contributed by atoms with van der Waals surface area (Å²) in [6, 6.07) is 20.0. The Morgan fingerprint density at radius 1 is 0.967 bits per heavy atom. The molecule has 1 aromatic heterocycles. The van der Waals surface area contributed by atoms with E-state index in [0.717, 1.165) is 33.7 Å². The molecule has 5 nitrogen and oxygen atoms in total. The molecule has 0 aliphatic heterocycles. The smallest absolute Gasteiger partial charge is 0.306 e. The fourth-order valence-corrected chi connectivity index (χ4v) is 4.66. The van der Waals surface area contributed by atoms with Crippen LogP contribution >= 0.6 is 35.0 Å². The first kappa shape index (κ1) is 21.1. The van der Waals surface area contributed by atoms with E-state index in [9.17, 15) is 8.42 Å². The molecular weight excluding hydrogens is 463 g/mol. The van der Waals surface area contributed by atoms with Crippen LogP contribution in [0.3, 0.4) is 0 Å². The van der Waals surface area contributed by atoms with Gasteiger partial charge in [-0.2, -0.15) is 8.42 Å². The van der Waals surface area contributed by atoms with Gasteiger partial charge in [0, 0.05) is 21.5 Å². The number of fused-ring (bicyclic) bond motifs is 1. The maximum atomic E-state index is 11.4. The molecule has 0 amide bonds. The van der Waals surface area contributed by atoms with Gasteiger partial charge in [0.1, 0.15) is 5.75 Å². The van der Waals surface area contributed by atoms with Crippen molar-refractivity contribution >= 4 is 56.1 Å². The molecule has 0 radical (unpaired) electrons. The van der Waals surface area contributed by atoms with E-state index in [1.165, 1.54) is 0 Å². The van der Waals surface area contributed by atoms with E-state index in [1.807, 2.05) is 41.0 Å². The van der Waals surface area contributed by atoms with Crippen LogP contribution in [0.25, 0.3) is 16.7 Å². The molecule has 0 aliphatic rings. The Morgan fingerprint density at radius 2 is 1.63 bits per heavy atom. The van der Waals surface area contributed by atoms with Crippen LogP contribution in [0.2, 0.25) is 10.0 Å². The lowest BCUT2D eigenvalue weighted by atomic mass is 10.2. The lowest BCUT2D eigenvalue weighted by molar-refractivity contribution is 0.493. The van der Waals surface area contributed by atoms with Crippen molar-refractivity contribution in [1.82, 2.24) is 9.55 Å². The van der Waals surface area contributed by atoms with Gasteiger partial charge in [0.05, 0.1) is 17.3 Å². The molecule has 4 rings (SSSR count). The van der Waals surface area contributed by atoms with E-state index in [-0.39, 0.29) is 5.75 Å². The van der Waals surface area contributed by atoms with E-state index in [0.29, 0.717) is 15.8 Å². The second kappa shape index (κ2) is 8.51. The number of halogens is 2. The second-order valence-electron chi connectivity index (χ2n) is 6.56. The third kappa shape index (κ3) is 4.92. The maximum absolute atomic E-state index is 11.4. The number of rotatable bonds is 6. The molecule has 9 heteroatoms. The molecular formula is C21H16Cl2N2O3S2. The average molecular weight is 479 g/mol. The summed E-state index contributed by atoms with van der Waals surface area (Å²) in [5.41, 5.74) is 3.62. The van der Waals surface area contributed by atoms with Gasteiger partial charge < -0.3 is 4.18 Å². The van der Waals surface area contributed by atoms with Gasteiger partial charge in [-0.05, 0) is 60.2 Å². The van der Waals surface area contributed by atoms with Crippen molar-refractivity contribution in [3.8, 4) is 11.4 Å². The van der Waals surface area contributed by atoms with E-state index < -0.39 is 10.1 Å². The summed E-state index contributed by atoms with van der Waals surface area (Å²) in [5, 5.41) is 2.09. The standard InChI is InChI=1S/C21H16Cl2N2O3S2/c1-30(26,27)28-18-9-7-17(8-10-18)25-20-12-16(23)6-11-19(20)24-21(25)29-13-14-2-4-15(22)5-3-14/h2-12H,13H2,1H3. The van der Waals surface area contributed by atoms with E-state index in [1.54, 1.807) is 42.1 Å². The second-order valence-corrected chi connectivity index (χ2v) is 9.95. The molecule has 0 atom stereocenters. The molecule has 0 N–H and O–H groups in total. The van der Waals surface area contributed by atoms with Crippen molar-refractivity contribution in [2.24, 2.45) is 0 Å². The third-order valence-electron chi connectivity index (χ3n) is 4.21. The van der Waals surface area contributed by atoms with Crippen LogP contribution in [0.5, 0.6) is 5.75 Å². The molecule has 3 aromatic carbocycles. The highest BCUT2D eigenvalue weighted by Crippen LogP contribution is 2.32. The van der Waals surface area contributed by atoms with Crippen LogP contribution < -0.4 is 4.18 Å². The summed E-state index contributed by atoms with van der Waals surface area (Å²) in [6.07, 6.45) is 1.01. The molecule has 0 aliphatic carbocycles. The number of aromatic nitrogens is 2. The predicted molar refractivity (Wildman–Crippen MR) is 123 cm³/mol. The number of hydrogen-bond donors (Lipinski definition) is 0. The molecule has 4 aromatic rings. The zero-order valence-electron chi connectivity index (χ0n) is 15.7. The van der Waals surface area contributed by atoms with Crippen molar-refractivity contribution in [3.05, 3.63) is 82.3 Å². The largest absolute Gasteiger partial charge is 0.383 e.